The SMILES string of the molecule is Cc1cc(OC2CNCC2O)ccc1Cl. The van der Waals surface area contributed by atoms with Crippen molar-refractivity contribution in [1.29, 1.82) is 0 Å². The molecule has 15 heavy (non-hydrogen) atoms. The molecule has 1 heterocycles. The molecule has 1 fully saturated rings. The molecule has 0 bridgehead atoms. The van der Waals surface area contributed by atoms with E-state index in [1.54, 1.807) is 6.07 Å². The molecule has 2 rings (SSSR count). The summed E-state index contributed by atoms with van der Waals surface area (Å²) in [6.07, 6.45) is -0.591. The number of hydrogen-bond acceptors (Lipinski definition) is 3. The Balaban J connectivity index is 2.07. The number of β-amino-alcohol motifs (C(OH)–C–C–N with tert-alkyl or cyclic N) is 1. The number of benzene rings is 1. The van der Waals surface area contributed by atoms with Gasteiger partial charge < -0.3 is 15.2 Å². The first kappa shape index (κ1) is 10.7. The third-order valence-electron chi connectivity index (χ3n) is 2.55. The van der Waals surface area contributed by atoms with Gasteiger partial charge in [0.1, 0.15) is 18.0 Å². The van der Waals surface area contributed by atoms with Gasteiger partial charge in [-0.1, -0.05) is 11.6 Å². The van der Waals surface area contributed by atoms with Crippen LogP contribution in [-0.2, 0) is 0 Å². The van der Waals surface area contributed by atoms with Gasteiger partial charge >= 0.3 is 0 Å². The Morgan fingerprint density at radius 2 is 2.27 bits per heavy atom. The van der Waals surface area contributed by atoms with E-state index >= 15 is 0 Å². The minimum absolute atomic E-state index is 0.162. The molecular formula is C11H14ClNO2. The second kappa shape index (κ2) is 4.39. The van der Waals surface area contributed by atoms with Gasteiger partial charge in [-0.25, -0.2) is 0 Å². The Bertz CT molecular complexity index is 356. The zero-order valence-corrected chi connectivity index (χ0v) is 9.29. The summed E-state index contributed by atoms with van der Waals surface area (Å²) >= 11 is 5.91. The molecule has 2 N–H and O–H groups in total. The Hall–Kier alpha value is -0.770. The van der Waals surface area contributed by atoms with E-state index in [4.69, 9.17) is 16.3 Å². The lowest BCUT2D eigenvalue weighted by molar-refractivity contribution is 0.0737. The summed E-state index contributed by atoms with van der Waals surface area (Å²) in [7, 11) is 0. The van der Waals surface area contributed by atoms with Gasteiger partial charge in [0.2, 0.25) is 0 Å². The average molecular weight is 228 g/mol. The number of nitrogens with one attached hydrogen (secondary N) is 1. The molecule has 1 aliphatic heterocycles. The highest BCUT2D eigenvalue weighted by atomic mass is 35.5. The minimum atomic E-state index is -0.430. The highest BCUT2D eigenvalue weighted by Crippen LogP contribution is 2.22. The summed E-state index contributed by atoms with van der Waals surface area (Å²) in [6, 6.07) is 5.51. The van der Waals surface area contributed by atoms with E-state index in [-0.39, 0.29) is 6.10 Å². The molecule has 0 saturated carbocycles. The fourth-order valence-corrected chi connectivity index (χ4v) is 1.74. The van der Waals surface area contributed by atoms with Crippen molar-refractivity contribution in [3.05, 3.63) is 28.8 Å². The lowest BCUT2D eigenvalue weighted by Gasteiger charge is -2.16. The van der Waals surface area contributed by atoms with Crippen LogP contribution in [-0.4, -0.2) is 30.4 Å². The van der Waals surface area contributed by atoms with E-state index < -0.39 is 6.10 Å². The molecule has 0 aromatic heterocycles. The van der Waals surface area contributed by atoms with E-state index in [1.807, 2.05) is 19.1 Å². The van der Waals surface area contributed by atoms with E-state index in [0.29, 0.717) is 13.1 Å². The third kappa shape index (κ3) is 2.43. The number of halogens is 1. The first-order valence-electron chi connectivity index (χ1n) is 4.98. The number of aliphatic hydroxyl groups excluding tert-OH is 1. The van der Waals surface area contributed by atoms with E-state index in [0.717, 1.165) is 16.3 Å². The van der Waals surface area contributed by atoms with E-state index in [1.165, 1.54) is 0 Å². The van der Waals surface area contributed by atoms with Gasteiger partial charge in [0.05, 0.1) is 0 Å². The summed E-state index contributed by atoms with van der Waals surface area (Å²) in [4.78, 5) is 0. The maximum Gasteiger partial charge on any atom is 0.138 e. The molecule has 2 unspecified atom stereocenters. The van der Waals surface area contributed by atoms with Crippen molar-refractivity contribution in [3.63, 3.8) is 0 Å². The summed E-state index contributed by atoms with van der Waals surface area (Å²) in [5.41, 5.74) is 0.981. The number of aliphatic hydroxyl groups is 1. The lowest BCUT2D eigenvalue weighted by atomic mass is 10.2. The second-order valence-electron chi connectivity index (χ2n) is 3.79. The van der Waals surface area contributed by atoms with Crippen molar-refractivity contribution in [3.8, 4) is 5.75 Å². The van der Waals surface area contributed by atoms with Crippen LogP contribution in [0.5, 0.6) is 5.75 Å². The highest BCUT2D eigenvalue weighted by molar-refractivity contribution is 6.31. The summed E-state index contributed by atoms with van der Waals surface area (Å²) < 4.78 is 5.65. The first-order valence-corrected chi connectivity index (χ1v) is 5.36. The molecule has 1 aliphatic rings. The predicted molar refractivity (Wildman–Crippen MR) is 59.5 cm³/mol. The van der Waals surface area contributed by atoms with Crippen LogP contribution in [0.25, 0.3) is 0 Å². The van der Waals surface area contributed by atoms with Gasteiger partial charge in [-0.05, 0) is 30.7 Å². The largest absolute Gasteiger partial charge is 0.486 e. The monoisotopic (exact) mass is 227 g/mol. The first-order chi connectivity index (χ1) is 7.16. The average Bonchev–Trinajstić information content (AvgIpc) is 2.59. The smallest absolute Gasteiger partial charge is 0.138 e. The molecule has 82 valence electrons. The topological polar surface area (TPSA) is 41.5 Å². The Morgan fingerprint density at radius 1 is 1.47 bits per heavy atom. The van der Waals surface area contributed by atoms with Crippen LogP contribution >= 0.6 is 11.6 Å². The van der Waals surface area contributed by atoms with Gasteiger partial charge in [0.15, 0.2) is 0 Å². The minimum Gasteiger partial charge on any atom is -0.486 e. The van der Waals surface area contributed by atoms with Crippen molar-refractivity contribution in [2.24, 2.45) is 0 Å². The maximum absolute atomic E-state index is 9.56. The van der Waals surface area contributed by atoms with Crippen molar-refractivity contribution >= 4 is 11.6 Å². The molecule has 0 radical (unpaired) electrons. The van der Waals surface area contributed by atoms with Crippen molar-refractivity contribution in [2.75, 3.05) is 13.1 Å². The normalized spacial score (nSPS) is 25.5. The van der Waals surface area contributed by atoms with Crippen LogP contribution in [0.4, 0.5) is 0 Å². The number of rotatable bonds is 2. The van der Waals surface area contributed by atoms with Crippen molar-refractivity contribution in [2.45, 2.75) is 19.1 Å². The van der Waals surface area contributed by atoms with Gasteiger partial charge in [0, 0.05) is 18.1 Å². The summed E-state index contributed by atoms with van der Waals surface area (Å²) in [5.74, 6) is 0.754. The number of ether oxygens (including phenoxy) is 1. The molecular weight excluding hydrogens is 214 g/mol. The van der Waals surface area contributed by atoms with Crippen LogP contribution in [0, 0.1) is 6.92 Å². The van der Waals surface area contributed by atoms with Crippen LogP contribution < -0.4 is 10.1 Å². The third-order valence-corrected chi connectivity index (χ3v) is 2.97. The van der Waals surface area contributed by atoms with Gasteiger partial charge in [-0.3, -0.25) is 0 Å². The Morgan fingerprint density at radius 3 is 2.87 bits per heavy atom. The van der Waals surface area contributed by atoms with Crippen LogP contribution in [0.1, 0.15) is 5.56 Å². The quantitative estimate of drug-likeness (QED) is 0.802. The zero-order valence-electron chi connectivity index (χ0n) is 8.53. The van der Waals surface area contributed by atoms with Gasteiger partial charge in [-0.2, -0.15) is 0 Å². The Labute approximate surface area is 94.0 Å². The molecule has 2 atom stereocenters. The molecule has 1 aromatic rings. The molecule has 0 aliphatic carbocycles. The van der Waals surface area contributed by atoms with Crippen molar-refractivity contribution < 1.29 is 9.84 Å². The number of aryl methyl sites for hydroxylation is 1. The summed E-state index contributed by atoms with van der Waals surface area (Å²) in [6.45, 7) is 3.21. The molecule has 0 spiro atoms. The Kier molecular flexibility index (Phi) is 3.14. The molecule has 1 saturated heterocycles. The van der Waals surface area contributed by atoms with Crippen LogP contribution in [0.15, 0.2) is 18.2 Å². The lowest BCUT2D eigenvalue weighted by Crippen LogP contribution is -2.29. The maximum atomic E-state index is 9.56. The van der Waals surface area contributed by atoms with Gasteiger partial charge in [0.25, 0.3) is 0 Å². The fraction of sp³-hybridized carbons (Fsp3) is 0.455. The van der Waals surface area contributed by atoms with E-state index in [9.17, 15) is 5.11 Å². The molecule has 4 heteroatoms. The standard InChI is InChI=1S/C11H14ClNO2/c1-7-4-8(2-3-9(7)12)15-11-6-13-5-10(11)14/h2-4,10-11,13-14H,5-6H2,1H3. The van der Waals surface area contributed by atoms with E-state index in [2.05, 4.69) is 5.32 Å². The molecule has 1 aromatic carbocycles. The predicted octanol–water partition coefficient (Wildman–Crippen LogP) is 1.36. The zero-order chi connectivity index (χ0) is 10.8. The van der Waals surface area contributed by atoms with Crippen LogP contribution in [0.2, 0.25) is 5.02 Å². The van der Waals surface area contributed by atoms with Crippen molar-refractivity contribution in [1.82, 2.24) is 5.32 Å². The van der Waals surface area contributed by atoms with Gasteiger partial charge in [-0.15, -0.1) is 0 Å². The fourth-order valence-electron chi connectivity index (χ4n) is 1.63. The number of hydrogen-bond donors (Lipinski definition) is 2. The second-order valence-corrected chi connectivity index (χ2v) is 4.20. The molecule has 0 amide bonds. The highest BCUT2D eigenvalue weighted by Gasteiger charge is 2.26. The molecule has 3 nitrogen and oxygen atoms in total. The summed E-state index contributed by atoms with van der Waals surface area (Å²) in [5, 5.41) is 13.4. The van der Waals surface area contributed by atoms with Crippen LogP contribution in [0.3, 0.4) is 0 Å².